The Morgan fingerprint density at radius 1 is 1.54 bits per heavy atom. The summed E-state index contributed by atoms with van der Waals surface area (Å²) in [6.07, 6.45) is 2.75. The second-order valence-electron chi connectivity index (χ2n) is 3.11. The molecule has 1 rings (SSSR count). The maximum absolute atomic E-state index is 11.1. The van der Waals surface area contributed by atoms with E-state index in [-0.39, 0.29) is 11.6 Å². The normalized spacial score (nSPS) is 12.8. The smallest absolute Gasteiger partial charge is 0.325 e. The van der Waals surface area contributed by atoms with Crippen LogP contribution < -0.4 is 17.0 Å². The molecular formula is C8H13N3O2. The van der Waals surface area contributed by atoms with Crippen molar-refractivity contribution in [3.63, 3.8) is 0 Å². The average Bonchev–Trinajstić information content (AvgIpc) is 2.02. The minimum Gasteiger partial charge on any atom is -0.328 e. The topological polar surface area (TPSA) is 91.7 Å². The fraction of sp³-hybridized carbons (Fsp3) is 0.500. The summed E-state index contributed by atoms with van der Waals surface area (Å²) in [4.78, 5) is 26.3. The molecule has 0 aromatic carbocycles. The molecule has 0 radical (unpaired) electrons. The minimum absolute atomic E-state index is 0.0614. The first-order valence-electron chi connectivity index (χ1n) is 4.16. The highest BCUT2D eigenvalue weighted by atomic mass is 16.2. The molecule has 13 heavy (non-hydrogen) atoms. The number of rotatable bonds is 3. The van der Waals surface area contributed by atoms with Crippen LogP contribution in [0.5, 0.6) is 0 Å². The summed E-state index contributed by atoms with van der Waals surface area (Å²) in [5.74, 6) is 0. The Kier molecular flexibility index (Phi) is 3.02. The van der Waals surface area contributed by atoms with Crippen LogP contribution in [0, 0.1) is 0 Å². The van der Waals surface area contributed by atoms with Gasteiger partial charge in [-0.1, -0.05) is 0 Å². The lowest BCUT2D eigenvalue weighted by Crippen LogP contribution is -2.26. The molecule has 1 atom stereocenters. The molecule has 1 aromatic heterocycles. The predicted octanol–water partition coefficient (Wildman–Crippen LogP) is -0.657. The van der Waals surface area contributed by atoms with E-state index >= 15 is 0 Å². The van der Waals surface area contributed by atoms with Crippen LogP contribution in [0.2, 0.25) is 0 Å². The van der Waals surface area contributed by atoms with Crippen molar-refractivity contribution in [2.24, 2.45) is 5.73 Å². The zero-order valence-corrected chi connectivity index (χ0v) is 7.46. The van der Waals surface area contributed by atoms with E-state index in [4.69, 9.17) is 5.73 Å². The van der Waals surface area contributed by atoms with E-state index in [0.29, 0.717) is 12.0 Å². The first-order chi connectivity index (χ1) is 6.09. The number of hydrogen-bond acceptors (Lipinski definition) is 3. The van der Waals surface area contributed by atoms with Crippen LogP contribution in [0.15, 0.2) is 15.8 Å². The molecule has 5 nitrogen and oxygen atoms in total. The molecule has 0 amide bonds. The van der Waals surface area contributed by atoms with Crippen LogP contribution in [0.25, 0.3) is 0 Å². The van der Waals surface area contributed by atoms with Crippen molar-refractivity contribution in [2.75, 3.05) is 0 Å². The summed E-state index contributed by atoms with van der Waals surface area (Å²) < 4.78 is 0. The van der Waals surface area contributed by atoms with Gasteiger partial charge in [-0.2, -0.15) is 0 Å². The van der Waals surface area contributed by atoms with E-state index in [2.05, 4.69) is 9.97 Å². The second-order valence-corrected chi connectivity index (χ2v) is 3.11. The third-order valence-electron chi connectivity index (χ3n) is 1.77. The monoisotopic (exact) mass is 183 g/mol. The number of nitrogens with two attached hydrogens (primary N) is 1. The van der Waals surface area contributed by atoms with Crippen molar-refractivity contribution in [1.29, 1.82) is 0 Å². The number of nitrogens with one attached hydrogen (secondary N) is 2. The Labute approximate surface area is 75.0 Å². The average molecular weight is 183 g/mol. The van der Waals surface area contributed by atoms with Crippen LogP contribution in [0.3, 0.4) is 0 Å². The maximum Gasteiger partial charge on any atom is 0.325 e. The van der Waals surface area contributed by atoms with Crippen molar-refractivity contribution in [3.8, 4) is 0 Å². The molecule has 4 N–H and O–H groups in total. The summed E-state index contributed by atoms with van der Waals surface area (Å²) in [5.41, 5.74) is 5.30. The van der Waals surface area contributed by atoms with Crippen LogP contribution in [-0.2, 0) is 6.42 Å². The molecule has 0 saturated heterocycles. The second kappa shape index (κ2) is 4.04. The molecule has 0 bridgehead atoms. The first-order valence-corrected chi connectivity index (χ1v) is 4.16. The largest absolute Gasteiger partial charge is 0.328 e. The van der Waals surface area contributed by atoms with E-state index in [1.165, 1.54) is 6.20 Å². The molecule has 1 unspecified atom stereocenters. The highest BCUT2D eigenvalue weighted by molar-refractivity contribution is 5.03. The number of hydrogen-bond donors (Lipinski definition) is 3. The Bertz CT molecular complexity index is 377. The highest BCUT2D eigenvalue weighted by Gasteiger charge is 2.01. The molecule has 72 valence electrons. The van der Waals surface area contributed by atoms with Crippen LogP contribution in [0.1, 0.15) is 18.9 Å². The Morgan fingerprint density at radius 3 is 2.77 bits per heavy atom. The molecule has 0 aliphatic heterocycles. The fourth-order valence-electron chi connectivity index (χ4n) is 1.01. The molecule has 1 heterocycles. The van der Waals surface area contributed by atoms with Gasteiger partial charge in [0, 0.05) is 17.8 Å². The van der Waals surface area contributed by atoms with Crippen molar-refractivity contribution in [1.82, 2.24) is 9.97 Å². The number of aromatic nitrogens is 2. The third-order valence-corrected chi connectivity index (χ3v) is 1.77. The van der Waals surface area contributed by atoms with Crippen molar-refractivity contribution < 1.29 is 0 Å². The molecular weight excluding hydrogens is 170 g/mol. The van der Waals surface area contributed by atoms with Gasteiger partial charge in [0.25, 0.3) is 5.56 Å². The SMILES string of the molecule is CC(N)CCc1c[nH]c(=O)[nH]c1=O. The summed E-state index contributed by atoms with van der Waals surface area (Å²) >= 11 is 0. The third kappa shape index (κ3) is 2.87. The van der Waals surface area contributed by atoms with Crippen LogP contribution >= 0.6 is 0 Å². The minimum atomic E-state index is -0.477. The predicted molar refractivity (Wildman–Crippen MR) is 49.7 cm³/mol. The van der Waals surface area contributed by atoms with Gasteiger partial charge in [0.15, 0.2) is 0 Å². The van der Waals surface area contributed by atoms with Gasteiger partial charge in [0.05, 0.1) is 0 Å². The molecule has 5 heteroatoms. The molecule has 0 fully saturated rings. The van der Waals surface area contributed by atoms with Gasteiger partial charge < -0.3 is 10.7 Å². The van der Waals surface area contributed by atoms with E-state index in [0.717, 1.165) is 6.42 Å². The van der Waals surface area contributed by atoms with Gasteiger partial charge in [0.2, 0.25) is 0 Å². The molecule has 0 spiro atoms. The zero-order valence-electron chi connectivity index (χ0n) is 7.46. The van der Waals surface area contributed by atoms with Gasteiger partial charge in [-0.05, 0) is 19.8 Å². The molecule has 0 saturated carbocycles. The van der Waals surface area contributed by atoms with Crippen molar-refractivity contribution >= 4 is 0 Å². The van der Waals surface area contributed by atoms with Gasteiger partial charge >= 0.3 is 5.69 Å². The molecule has 0 aliphatic carbocycles. The van der Waals surface area contributed by atoms with Gasteiger partial charge in [-0.15, -0.1) is 0 Å². The lowest BCUT2D eigenvalue weighted by atomic mass is 10.1. The van der Waals surface area contributed by atoms with Crippen molar-refractivity contribution in [3.05, 3.63) is 32.6 Å². The standard InChI is InChI=1S/C8H13N3O2/c1-5(9)2-3-6-4-10-8(13)11-7(6)12/h4-5H,2-3,9H2,1H3,(H2,10,11,12,13). The number of aromatic amines is 2. The van der Waals surface area contributed by atoms with E-state index in [1.807, 2.05) is 6.92 Å². The summed E-state index contributed by atoms with van der Waals surface area (Å²) in [6, 6.07) is 0.0614. The van der Waals surface area contributed by atoms with Gasteiger partial charge in [-0.3, -0.25) is 9.78 Å². The lowest BCUT2D eigenvalue weighted by Gasteiger charge is -2.02. The Morgan fingerprint density at radius 2 is 2.23 bits per heavy atom. The summed E-state index contributed by atoms with van der Waals surface area (Å²) in [5, 5.41) is 0. The van der Waals surface area contributed by atoms with Gasteiger partial charge in [0.1, 0.15) is 0 Å². The molecule has 0 aliphatic rings. The van der Waals surface area contributed by atoms with E-state index in [1.54, 1.807) is 0 Å². The maximum atomic E-state index is 11.1. The van der Waals surface area contributed by atoms with Crippen LogP contribution in [-0.4, -0.2) is 16.0 Å². The van der Waals surface area contributed by atoms with E-state index in [9.17, 15) is 9.59 Å². The lowest BCUT2D eigenvalue weighted by molar-refractivity contribution is 0.660. The number of H-pyrrole nitrogens is 2. The molecule has 1 aromatic rings. The first kappa shape index (κ1) is 9.73. The summed E-state index contributed by atoms with van der Waals surface area (Å²) in [7, 11) is 0. The van der Waals surface area contributed by atoms with Gasteiger partial charge in [-0.25, -0.2) is 4.79 Å². The Balaban J connectivity index is 2.79. The summed E-state index contributed by atoms with van der Waals surface area (Å²) in [6.45, 7) is 1.87. The van der Waals surface area contributed by atoms with Crippen molar-refractivity contribution in [2.45, 2.75) is 25.8 Å². The highest BCUT2D eigenvalue weighted by Crippen LogP contribution is 1.95. The Hall–Kier alpha value is -1.36. The zero-order chi connectivity index (χ0) is 9.84. The number of aryl methyl sites for hydroxylation is 1. The van der Waals surface area contributed by atoms with Crippen LogP contribution in [0.4, 0.5) is 0 Å². The quantitative estimate of drug-likeness (QED) is 0.581. The fourth-order valence-corrected chi connectivity index (χ4v) is 1.01. The van der Waals surface area contributed by atoms with E-state index < -0.39 is 5.69 Å².